The molecule has 1 atom stereocenters. The van der Waals surface area contributed by atoms with Crippen molar-refractivity contribution in [2.45, 2.75) is 232 Å². The molecular formula is C43H87NO6P+. The number of carbonyl (C=O) groups is 2. The topological polar surface area (TPSA) is 89.9 Å². The first kappa shape index (κ1) is 50.4. The molecule has 0 aliphatic carbocycles. The molecule has 0 rings (SSSR count). The van der Waals surface area contributed by atoms with E-state index in [1.54, 1.807) is 6.92 Å². The van der Waals surface area contributed by atoms with Crippen molar-refractivity contribution in [3.8, 4) is 0 Å². The number of unbranched alkanes of at least 4 members (excludes halogenated alkanes) is 28. The van der Waals surface area contributed by atoms with Crippen LogP contribution in [0.4, 0.5) is 0 Å². The van der Waals surface area contributed by atoms with Gasteiger partial charge in [-0.25, -0.2) is 4.57 Å². The molecule has 0 aliphatic heterocycles. The highest BCUT2D eigenvalue weighted by Gasteiger charge is 2.54. The van der Waals surface area contributed by atoms with E-state index in [4.69, 9.17) is 9.05 Å². The lowest BCUT2D eigenvalue weighted by Gasteiger charge is -2.37. The summed E-state index contributed by atoms with van der Waals surface area (Å²) in [5, 5.41) is 0. The number of Topliss-reactive ketones (excluding diaryl/α,β-unsaturated/α-hetero) is 2. The van der Waals surface area contributed by atoms with Crippen molar-refractivity contribution in [3.05, 3.63) is 0 Å². The van der Waals surface area contributed by atoms with Crippen molar-refractivity contribution in [1.82, 2.24) is 0 Å². The molecule has 0 fully saturated rings. The number of hydrogen-bond donors (Lipinski definition) is 1. The second-order valence-corrected chi connectivity index (χ2v) is 17.9. The van der Waals surface area contributed by atoms with E-state index in [0.29, 0.717) is 12.8 Å². The summed E-state index contributed by atoms with van der Waals surface area (Å²) in [6, 6.07) is 0. The van der Waals surface area contributed by atoms with Crippen LogP contribution < -0.4 is 0 Å². The smallest absolute Gasteiger partial charge is 0.328 e. The number of ketones is 2. The minimum Gasteiger partial charge on any atom is -0.328 e. The van der Waals surface area contributed by atoms with E-state index in [-0.39, 0.29) is 42.0 Å². The lowest BCUT2D eigenvalue weighted by atomic mass is 9.86. The van der Waals surface area contributed by atoms with Crippen LogP contribution in [0.5, 0.6) is 0 Å². The molecule has 7 nitrogen and oxygen atoms in total. The Labute approximate surface area is 317 Å². The molecule has 0 aromatic heterocycles. The van der Waals surface area contributed by atoms with Gasteiger partial charge in [-0.1, -0.05) is 194 Å². The summed E-state index contributed by atoms with van der Waals surface area (Å²) >= 11 is 0. The minimum absolute atomic E-state index is 0.000227. The van der Waals surface area contributed by atoms with Crippen LogP contribution in [0, 0.1) is 0 Å². The van der Waals surface area contributed by atoms with Crippen LogP contribution >= 0.6 is 7.82 Å². The number of phosphoric acid groups is 1. The van der Waals surface area contributed by atoms with Gasteiger partial charge in [-0.05, 0) is 19.8 Å². The summed E-state index contributed by atoms with van der Waals surface area (Å²) in [6.07, 6.45) is 37.2. The molecular weight excluding hydrogens is 657 g/mol. The number of nitrogens with zero attached hydrogens (tertiary/aromatic N) is 1. The van der Waals surface area contributed by atoms with Crippen LogP contribution in [0.2, 0.25) is 0 Å². The molecule has 0 heterocycles. The third-order valence-electron chi connectivity index (χ3n) is 10.2. The van der Waals surface area contributed by atoms with Gasteiger partial charge in [0.2, 0.25) is 5.60 Å². The van der Waals surface area contributed by atoms with Crippen LogP contribution in [0.3, 0.4) is 0 Å². The largest absolute Gasteiger partial charge is 0.473 e. The molecule has 0 aromatic carbocycles. The normalized spacial score (nSPS) is 13.5. The zero-order valence-corrected chi connectivity index (χ0v) is 35.8. The van der Waals surface area contributed by atoms with Gasteiger partial charge in [0.15, 0.2) is 11.6 Å². The molecule has 0 radical (unpaired) electrons. The highest BCUT2D eigenvalue weighted by Crippen LogP contribution is 2.49. The fraction of sp³-hybridized carbons (Fsp3) is 0.953. The molecule has 8 heteroatoms. The zero-order valence-electron chi connectivity index (χ0n) is 34.9. The Morgan fingerprint density at radius 3 is 0.980 bits per heavy atom. The Hall–Kier alpha value is -0.590. The van der Waals surface area contributed by atoms with Crippen molar-refractivity contribution < 1.29 is 32.6 Å². The van der Waals surface area contributed by atoms with Gasteiger partial charge in [0.25, 0.3) is 0 Å². The lowest BCUT2D eigenvalue weighted by Crippen LogP contribution is -2.59. The van der Waals surface area contributed by atoms with Gasteiger partial charge in [0, 0.05) is 12.8 Å². The second-order valence-electron chi connectivity index (χ2n) is 16.5. The first-order chi connectivity index (χ1) is 24.4. The molecule has 51 heavy (non-hydrogen) atoms. The second kappa shape index (κ2) is 32.8. The number of quaternary nitrogens is 1. The minimum atomic E-state index is -4.61. The summed E-state index contributed by atoms with van der Waals surface area (Å²) in [6.45, 7) is 6.08. The third-order valence-corrected chi connectivity index (χ3v) is 11.3. The van der Waals surface area contributed by atoms with Gasteiger partial charge >= 0.3 is 7.82 Å². The number of phosphoric ester groups is 1. The van der Waals surface area contributed by atoms with Crippen LogP contribution in [0.15, 0.2) is 0 Å². The molecule has 0 amide bonds. The highest BCUT2D eigenvalue weighted by molar-refractivity contribution is 7.47. The Balaban J connectivity index is 4.72. The van der Waals surface area contributed by atoms with Crippen LogP contribution in [-0.4, -0.2) is 60.8 Å². The van der Waals surface area contributed by atoms with Gasteiger partial charge in [-0.3, -0.25) is 18.6 Å². The van der Waals surface area contributed by atoms with Crippen molar-refractivity contribution in [1.29, 1.82) is 0 Å². The summed E-state index contributed by atoms with van der Waals surface area (Å²) in [7, 11) is 1.02. The Morgan fingerprint density at radius 1 is 0.490 bits per heavy atom. The van der Waals surface area contributed by atoms with E-state index in [0.717, 1.165) is 38.5 Å². The predicted octanol–water partition coefficient (Wildman–Crippen LogP) is 13.2. The van der Waals surface area contributed by atoms with Crippen LogP contribution in [-0.2, 0) is 23.2 Å². The van der Waals surface area contributed by atoms with E-state index in [1.807, 2.05) is 21.1 Å². The lowest BCUT2D eigenvalue weighted by molar-refractivity contribution is -0.874. The molecule has 0 saturated heterocycles. The van der Waals surface area contributed by atoms with Crippen molar-refractivity contribution in [2.24, 2.45) is 0 Å². The van der Waals surface area contributed by atoms with Gasteiger partial charge in [-0.15, -0.1) is 0 Å². The molecule has 0 aromatic rings. The van der Waals surface area contributed by atoms with Crippen LogP contribution in [0.1, 0.15) is 226 Å². The first-order valence-corrected chi connectivity index (χ1v) is 23.5. The Morgan fingerprint density at radius 2 is 0.745 bits per heavy atom. The maximum atomic E-state index is 13.9. The maximum absolute atomic E-state index is 13.9. The van der Waals surface area contributed by atoms with E-state index >= 15 is 0 Å². The SMILES string of the molecule is CCCCCCCCCCCCCCCCCC(=O)C(C[N+](C)(C)C)(OP(=O)(O)OCC)C(=O)CCCCCCCCCCCCCCCCC. The zero-order chi connectivity index (χ0) is 38.1. The average Bonchev–Trinajstić information content (AvgIpc) is 3.06. The molecule has 0 aliphatic rings. The molecule has 0 bridgehead atoms. The average molecular weight is 745 g/mol. The van der Waals surface area contributed by atoms with E-state index in [1.165, 1.54) is 141 Å². The predicted molar refractivity (Wildman–Crippen MR) is 217 cm³/mol. The van der Waals surface area contributed by atoms with E-state index in [9.17, 15) is 19.0 Å². The van der Waals surface area contributed by atoms with Crippen molar-refractivity contribution in [2.75, 3.05) is 34.3 Å². The fourth-order valence-electron chi connectivity index (χ4n) is 7.23. The Kier molecular flexibility index (Phi) is 32.4. The number of likely N-dealkylation sites (N-methyl/N-ethyl adjacent to an activating group) is 1. The first-order valence-electron chi connectivity index (χ1n) is 22.0. The number of carbonyl (C=O) groups excluding carboxylic acids is 2. The standard InChI is InChI=1S/C43H86NO6P/c1-7-10-12-14-16-18-20-22-24-26-28-30-32-34-36-38-41(45)43(40-44(4,5)6,50-51(47,48)49-9-3)42(46)39-37-35-33-31-29-27-25-23-21-19-17-15-13-11-8-2/h7-40H2,1-6H3/p+1. The molecule has 304 valence electrons. The Bertz CT molecular complexity index is 827. The summed E-state index contributed by atoms with van der Waals surface area (Å²) in [5.41, 5.74) is -1.98. The highest BCUT2D eigenvalue weighted by atomic mass is 31.2. The van der Waals surface area contributed by atoms with Crippen LogP contribution in [0.25, 0.3) is 0 Å². The molecule has 1 N–H and O–H groups in total. The van der Waals surface area contributed by atoms with Gasteiger partial charge in [-0.2, -0.15) is 0 Å². The van der Waals surface area contributed by atoms with Gasteiger partial charge in [0.1, 0.15) is 6.54 Å². The van der Waals surface area contributed by atoms with Crippen molar-refractivity contribution >= 4 is 19.4 Å². The maximum Gasteiger partial charge on any atom is 0.473 e. The third kappa shape index (κ3) is 29.4. The number of hydrogen-bond acceptors (Lipinski definition) is 5. The van der Waals surface area contributed by atoms with E-state index in [2.05, 4.69) is 13.8 Å². The monoisotopic (exact) mass is 745 g/mol. The molecule has 1 unspecified atom stereocenters. The summed E-state index contributed by atoms with van der Waals surface area (Å²) in [5.74, 6) is -0.768. The van der Waals surface area contributed by atoms with Crippen molar-refractivity contribution in [3.63, 3.8) is 0 Å². The molecule has 0 saturated carbocycles. The fourth-order valence-corrected chi connectivity index (χ4v) is 8.27. The van der Waals surface area contributed by atoms with E-state index < -0.39 is 13.4 Å². The van der Waals surface area contributed by atoms with Gasteiger partial charge in [0.05, 0.1) is 27.7 Å². The summed E-state index contributed by atoms with van der Waals surface area (Å²) in [4.78, 5) is 38.4. The quantitative estimate of drug-likeness (QED) is 0.0291. The van der Waals surface area contributed by atoms with Gasteiger partial charge < -0.3 is 9.38 Å². The molecule has 0 spiro atoms. The summed E-state index contributed by atoms with van der Waals surface area (Å²) < 4.78 is 23.9. The number of rotatable bonds is 40.